The Bertz CT molecular complexity index is 1120. The van der Waals surface area contributed by atoms with E-state index < -0.39 is 5.97 Å². The summed E-state index contributed by atoms with van der Waals surface area (Å²) in [6.45, 7) is 0.000943. The number of rotatable bonds is 7. The molecular formula is C24H20N2O5. The van der Waals surface area contributed by atoms with E-state index in [1.807, 2.05) is 0 Å². The molecule has 0 fully saturated rings. The Morgan fingerprint density at radius 3 is 1.87 bits per heavy atom. The fraction of sp³-hybridized carbons (Fsp3) is 0.0417. The van der Waals surface area contributed by atoms with Gasteiger partial charge in [-0.3, -0.25) is 0 Å². The van der Waals surface area contributed by atoms with Gasteiger partial charge in [0.05, 0.1) is 6.26 Å². The fourth-order valence-corrected chi connectivity index (χ4v) is 2.87. The van der Waals surface area contributed by atoms with E-state index in [1.54, 1.807) is 72.8 Å². The number of nitrogens with two attached hydrogens (primary N) is 2. The monoisotopic (exact) mass is 416 g/mol. The predicted molar refractivity (Wildman–Crippen MR) is 116 cm³/mol. The molecule has 31 heavy (non-hydrogen) atoms. The lowest BCUT2D eigenvalue weighted by molar-refractivity contribution is 0.0435. The summed E-state index contributed by atoms with van der Waals surface area (Å²) < 4.78 is 22.3. The number of carbonyl (C=O) groups is 1. The average molecular weight is 416 g/mol. The second kappa shape index (κ2) is 8.96. The van der Waals surface area contributed by atoms with E-state index in [1.165, 1.54) is 12.3 Å². The van der Waals surface area contributed by atoms with Gasteiger partial charge < -0.3 is 30.1 Å². The molecule has 0 aliphatic rings. The highest BCUT2D eigenvalue weighted by Gasteiger charge is 2.12. The van der Waals surface area contributed by atoms with Crippen molar-refractivity contribution in [3.63, 3.8) is 0 Å². The van der Waals surface area contributed by atoms with Crippen LogP contribution < -0.4 is 20.9 Å². The van der Waals surface area contributed by atoms with E-state index >= 15 is 0 Å². The van der Waals surface area contributed by atoms with Gasteiger partial charge in [-0.1, -0.05) is 12.1 Å². The minimum Gasteiger partial charge on any atom is -0.457 e. The maximum Gasteiger partial charge on any atom is 0.374 e. The molecule has 4 aromatic rings. The first-order valence-electron chi connectivity index (χ1n) is 9.46. The van der Waals surface area contributed by atoms with Crippen LogP contribution in [0.3, 0.4) is 0 Å². The molecule has 0 spiro atoms. The number of benzene rings is 3. The molecule has 0 amide bonds. The summed E-state index contributed by atoms with van der Waals surface area (Å²) in [4.78, 5) is 12.1. The Hall–Kier alpha value is -4.39. The normalized spacial score (nSPS) is 10.5. The largest absolute Gasteiger partial charge is 0.457 e. The average Bonchev–Trinajstić information content (AvgIpc) is 3.27. The van der Waals surface area contributed by atoms with Crippen LogP contribution in [0.5, 0.6) is 23.0 Å². The molecule has 0 aliphatic heterocycles. The molecule has 156 valence electrons. The van der Waals surface area contributed by atoms with Crippen molar-refractivity contribution in [1.29, 1.82) is 0 Å². The van der Waals surface area contributed by atoms with Gasteiger partial charge in [0.2, 0.25) is 5.76 Å². The van der Waals surface area contributed by atoms with Crippen molar-refractivity contribution in [1.82, 2.24) is 0 Å². The predicted octanol–water partition coefficient (Wildman–Crippen LogP) is 5.39. The molecule has 7 heteroatoms. The molecule has 0 saturated carbocycles. The maximum absolute atomic E-state index is 12.1. The zero-order valence-electron chi connectivity index (χ0n) is 16.5. The molecule has 7 nitrogen and oxygen atoms in total. The second-order valence-corrected chi connectivity index (χ2v) is 6.72. The number of carbonyl (C=O) groups excluding carboxylic acids is 1. The van der Waals surface area contributed by atoms with Gasteiger partial charge in [0.25, 0.3) is 0 Å². The highest BCUT2D eigenvalue weighted by atomic mass is 16.5. The third-order valence-electron chi connectivity index (χ3n) is 4.22. The molecule has 0 saturated heterocycles. The lowest BCUT2D eigenvalue weighted by Gasteiger charge is -2.13. The van der Waals surface area contributed by atoms with Gasteiger partial charge in [-0.25, -0.2) is 4.79 Å². The van der Waals surface area contributed by atoms with Crippen molar-refractivity contribution >= 4 is 17.3 Å². The number of hydrogen-bond donors (Lipinski definition) is 2. The summed E-state index contributed by atoms with van der Waals surface area (Å²) in [5.41, 5.74) is 13.5. The number of hydrogen-bond acceptors (Lipinski definition) is 7. The first-order valence-corrected chi connectivity index (χ1v) is 9.46. The van der Waals surface area contributed by atoms with Crippen LogP contribution in [0.25, 0.3) is 0 Å². The zero-order chi connectivity index (χ0) is 21.6. The SMILES string of the molecule is Nc1cccc(Oc2cc(COC(=O)c3ccco3)cc(Oc3cccc(N)c3)c2)c1. The highest BCUT2D eigenvalue weighted by Crippen LogP contribution is 2.31. The van der Waals surface area contributed by atoms with Gasteiger partial charge in [0, 0.05) is 29.6 Å². The van der Waals surface area contributed by atoms with E-state index in [9.17, 15) is 4.79 Å². The van der Waals surface area contributed by atoms with Gasteiger partial charge in [-0.05, 0) is 54.1 Å². The van der Waals surface area contributed by atoms with Crippen LogP contribution in [0.2, 0.25) is 0 Å². The summed E-state index contributed by atoms with van der Waals surface area (Å²) in [5.74, 6) is 1.69. The van der Waals surface area contributed by atoms with Gasteiger partial charge in [0.15, 0.2) is 0 Å². The number of anilines is 2. The van der Waals surface area contributed by atoms with Gasteiger partial charge in [-0.2, -0.15) is 0 Å². The molecule has 1 heterocycles. The third kappa shape index (κ3) is 5.36. The number of furan rings is 1. The van der Waals surface area contributed by atoms with Crippen molar-refractivity contribution in [2.45, 2.75) is 6.61 Å². The Morgan fingerprint density at radius 2 is 1.35 bits per heavy atom. The van der Waals surface area contributed by atoms with Crippen LogP contribution in [0, 0.1) is 0 Å². The summed E-state index contributed by atoms with van der Waals surface area (Å²) in [6.07, 6.45) is 1.41. The molecule has 4 N–H and O–H groups in total. The standard InChI is InChI=1S/C24H20N2O5/c25-17-4-1-6-19(12-17)30-21-10-16(15-29-24(27)23-8-3-9-28-23)11-22(14-21)31-20-7-2-5-18(26)13-20/h1-14H,15,25-26H2. The van der Waals surface area contributed by atoms with Crippen LogP contribution in [-0.2, 0) is 11.3 Å². The van der Waals surface area contributed by atoms with Crippen LogP contribution >= 0.6 is 0 Å². The molecule has 0 unspecified atom stereocenters. The summed E-state index contributed by atoms with van der Waals surface area (Å²) in [5, 5.41) is 0. The van der Waals surface area contributed by atoms with E-state index in [4.69, 9.17) is 30.1 Å². The van der Waals surface area contributed by atoms with Crippen molar-refractivity contribution in [2.24, 2.45) is 0 Å². The van der Waals surface area contributed by atoms with E-state index in [0.717, 1.165) is 0 Å². The summed E-state index contributed by atoms with van der Waals surface area (Å²) >= 11 is 0. The van der Waals surface area contributed by atoms with Crippen molar-refractivity contribution in [3.8, 4) is 23.0 Å². The van der Waals surface area contributed by atoms with Crippen LogP contribution in [-0.4, -0.2) is 5.97 Å². The molecular weight excluding hydrogens is 396 g/mol. The summed E-state index contributed by atoms with van der Waals surface area (Å²) in [6, 6.07) is 22.5. The minimum atomic E-state index is -0.564. The Kier molecular flexibility index (Phi) is 5.75. The Labute approximate surface area is 178 Å². The van der Waals surface area contributed by atoms with Crippen LogP contribution in [0.15, 0.2) is 89.5 Å². The second-order valence-electron chi connectivity index (χ2n) is 6.72. The molecule has 1 aromatic heterocycles. The first-order chi connectivity index (χ1) is 15.0. The summed E-state index contributed by atoms with van der Waals surface area (Å²) in [7, 11) is 0. The molecule has 3 aromatic carbocycles. The van der Waals surface area contributed by atoms with E-state index in [2.05, 4.69) is 0 Å². The lowest BCUT2D eigenvalue weighted by Crippen LogP contribution is -2.04. The molecule has 0 radical (unpaired) electrons. The highest BCUT2D eigenvalue weighted by molar-refractivity contribution is 5.86. The maximum atomic E-state index is 12.1. The number of esters is 1. The van der Waals surface area contributed by atoms with E-state index in [-0.39, 0.29) is 12.4 Å². The van der Waals surface area contributed by atoms with E-state index in [0.29, 0.717) is 39.9 Å². The quantitative estimate of drug-likeness (QED) is 0.307. The van der Waals surface area contributed by atoms with Crippen molar-refractivity contribution in [2.75, 3.05) is 11.5 Å². The van der Waals surface area contributed by atoms with Gasteiger partial charge >= 0.3 is 5.97 Å². The molecule has 0 aliphatic carbocycles. The first kappa shape index (κ1) is 19.9. The Morgan fingerprint density at radius 1 is 0.742 bits per heavy atom. The molecule has 0 atom stereocenters. The van der Waals surface area contributed by atoms with Gasteiger partial charge in [0.1, 0.15) is 29.6 Å². The smallest absolute Gasteiger partial charge is 0.374 e. The van der Waals surface area contributed by atoms with Crippen molar-refractivity contribution in [3.05, 3.63) is 96.4 Å². The minimum absolute atomic E-state index is 0.000943. The third-order valence-corrected chi connectivity index (χ3v) is 4.22. The zero-order valence-corrected chi connectivity index (χ0v) is 16.5. The Balaban J connectivity index is 1.58. The topological polar surface area (TPSA) is 110 Å². The molecule has 0 bridgehead atoms. The van der Waals surface area contributed by atoms with Crippen LogP contribution in [0.1, 0.15) is 16.1 Å². The molecule has 4 rings (SSSR count). The number of ether oxygens (including phenoxy) is 3. The number of nitrogen functional groups attached to an aromatic ring is 2. The lowest BCUT2D eigenvalue weighted by atomic mass is 10.2. The van der Waals surface area contributed by atoms with Gasteiger partial charge in [-0.15, -0.1) is 0 Å². The van der Waals surface area contributed by atoms with Crippen LogP contribution in [0.4, 0.5) is 11.4 Å². The fourth-order valence-electron chi connectivity index (χ4n) is 2.87. The van der Waals surface area contributed by atoms with Crippen molar-refractivity contribution < 1.29 is 23.4 Å².